The van der Waals surface area contributed by atoms with Crippen LogP contribution < -0.4 is 0 Å². The van der Waals surface area contributed by atoms with Gasteiger partial charge in [0.05, 0.1) is 10.5 Å². The molecule has 2 aromatic carbocycles. The van der Waals surface area contributed by atoms with E-state index in [0.29, 0.717) is 6.42 Å². The molecule has 0 saturated heterocycles. The smallest absolute Gasteiger partial charge is 0.159 e. The number of aromatic nitrogens is 1. The minimum Gasteiger partial charge on any atom is -0.454 e. The number of halogens is 1. The molecule has 0 bridgehead atoms. The second-order valence-electron chi connectivity index (χ2n) is 5.43. The topological polar surface area (TPSA) is 28.9 Å². The van der Waals surface area contributed by atoms with Crippen molar-refractivity contribution in [1.82, 2.24) is 4.98 Å². The molecule has 2 heterocycles. The Labute approximate surface area is 145 Å². The van der Waals surface area contributed by atoms with Crippen molar-refractivity contribution in [3.63, 3.8) is 0 Å². The third-order valence-corrected chi connectivity index (χ3v) is 4.51. The Bertz CT molecular complexity index is 1160. The van der Waals surface area contributed by atoms with Crippen LogP contribution in [0.25, 0.3) is 38.9 Å². The summed E-state index contributed by atoms with van der Waals surface area (Å²) in [7, 11) is 0. The van der Waals surface area contributed by atoms with E-state index in [1.165, 1.54) is 0 Å². The maximum Gasteiger partial charge on any atom is 0.159 e. The first-order valence-corrected chi connectivity index (χ1v) is 8.50. The number of aromatic amines is 1. The summed E-state index contributed by atoms with van der Waals surface area (Å²) in [6.07, 6.45) is 4.55. The minimum atomic E-state index is 0.688. The van der Waals surface area contributed by atoms with Crippen LogP contribution in [0.5, 0.6) is 0 Å². The van der Waals surface area contributed by atoms with Gasteiger partial charge in [-0.15, -0.1) is 0 Å². The van der Waals surface area contributed by atoms with E-state index in [9.17, 15) is 0 Å². The zero-order valence-electron chi connectivity index (χ0n) is 13.5. The van der Waals surface area contributed by atoms with Crippen LogP contribution in [0.4, 0.5) is 0 Å². The highest BCUT2D eigenvalue weighted by atomic mass is 35.5. The zero-order chi connectivity index (χ0) is 16.7. The normalized spacial score (nSPS) is 12.5. The lowest BCUT2D eigenvalue weighted by atomic mass is 10.1. The van der Waals surface area contributed by atoms with Crippen LogP contribution in [0.1, 0.15) is 25.1 Å². The molecule has 0 saturated carbocycles. The lowest BCUT2D eigenvalue weighted by Gasteiger charge is -1.99. The molecule has 0 atom stereocenters. The largest absolute Gasteiger partial charge is 0.454 e. The fourth-order valence-corrected chi connectivity index (χ4v) is 3.55. The summed E-state index contributed by atoms with van der Waals surface area (Å²) in [5.41, 5.74) is 4.87. The molecule has 118 valence electrons. The number of hydrogen-bond donors (Lipinski definition) is 1. The predicted molar refractivity (Wildman–Crippen MR) is 102 cm³/mol. The number of para-hydroxylation sites is 1. The van der Waals surface area contributed by atoms with Crippen molar-refractivity contribution < 1.29 is 4.42 Å². The van der Waals surface area contributed by atoms with E-state index in [4.69, 9.17) is 16.0 Å². The Morgan fingerprint density at radius 1 is 1.17 bits per heavy atom. The molecule has 4 aromatic rings. The number of allylic oxidation sites excluding steroid dienone is 1. The van der Waals surface area contributed by atoms with E-state index in [1.54, 1.807) is 0 Å². The lowest BCUT2D eigenvalue weighted by Crippen LogP contribution is -1.82. The molecule has 1 aliphatic rings. The Morgan fingerprint density at radius 2 is 2.00 bits per heavy atom. The Balaban J connectivity index is 0.000000704. The number of nitrogens with one attached hydrogen (secondary N) is 1. The summed E-state index contributed by atoms with van der Waals surface area (Å²) in [5.74, 6) is 6.14. The molecule has 24 heavy (non-hydrogen) atoms. The number of benzene rings is 2. The molecule has 2 aromatic heterocycles. The van der Waals surface area contributed by atoms with Crippen LogP contribution in [0, 0.1) is 11.8 Å². The molecule has 0 spiro atoms. The van der Waals surface area contributed by atoms with Gasteiger partial charge in [-0.2, -0.15) is 0 Å². The number of fused-ring (bicyclic) bond motifs is 7. The van der Waals surface area contributed by atoms with Crippen LogP contribution in [0.3, 0.4) is 0 Å². The van der Waals surface area contributed by atoms with Gasteiger partial charge in [0.25, 0.3) is 0 Å². The van der Waals surface area contributed by atoms with Crippen molar-refractivity contribution in [2.45, 2.75) is 20.3 Å². The van der Waals surface area contributed by atoms with Crippen molar-refractivity contribution in [2.24, 2.45) is 0 Å². The van der Waals surface area contributed by atoms with Gasteiger partial charge < -0.3 is 9.40 Å². The first kappa shape index (κ1) is 14.9. The molecule has 0 fully saturated rings. The molecule has 3 heteroatoms. The van der Waals surface area contributed by atoms with Crippen LogP contribution >= 0.6 is 11.6 Å². The van der Waals surface area contributed by atoms with Crippen LogP contribution in [0.2, 0.25) is 5.02 Å². The number of rotatable bonds is 0. The first-order chi connectivity index (χ1) is 11.8. The highest BCUT2D eigenvalue weighted by Crippen LogP contribution is 2.40. The average molecular weight is 334 g/mol. The number of furan rings is 1. The molecule has 0 amide bonds. The van der Waals surface area contributed by atoms with Crippen LogP contribution in [0.15, 0.2) is 40.8 Å². The summed E-state index contributed by atoms with van der Waals surface area (Å²) >= 11 is 6.59. The third-order valence-electron chi connectivity index (χ3n) is 4.21. The van der Waals surface area contributed by atoms with Gasteiger partial charge in [-0.25, -0.2) is 0 Å². The summed E-state index contributed by atoms with van der Waals surface area (Å²) in [5, 5.41) is 3.88. The van der Waals surface area contributed by atoms with Gasteiger partial charge in [-0.3, -0.25) is 0 Å². The summed E-state index contributed by atoms with van der Waals surface area (Å²) in [6, 6.07) is 10.0. The Hall–Kier alpha value is -2.63. The maximum atomic E-state index is 6.59. The maximum absolute atomic E-state index is 6.59. The van der Waals surface area contributed by atoms with Gasteiger partial charge in [-0.05, 0) is 29.8 Å². The lowest BCUT2D eigenvalue weighted by molar-refractivity contribution is 0.672. The van der Waals surface area contributed by atoms with Crippen molar-refractivity contribution in [3.05, 3.63) is 52.7 Å². The highest BCUT2D eigenvalue weighted by Gasteiger charge is 2.19. The molecular formula is C21H16ClNO. The van der Waals surface area contributed by atoms with Crippen LogP contribution in [-0.4, -0.2) is 4.98 Å². The molecule has 5 rings (SSSR count). The van der Waals surface area contributed by atoms with Gasteiger partial charge in [0.2, 0.25) is 0 Å². The highest BCUT2D eigenvalue weighted by molar-refractivity contribution is 6.38. The van der Waals surface area contributed by atoms with Crippen molar-refractivity contribution in [3.8, 4) is 11.8 Å². The van der Waals surface area contributed by atoms with Crippen molar-refractivity contribution in [1.29, 1.82) is 0 Å². The quantitative estimate of drug-likeness (QED) is 0.375. The molecule has 0 unspecified atom stereocenters. The fraction of sp³-hybridized carbons (Fsp3) is 0.143. The average Bonchev–Trinajstić information content (AvgIpc) is 3.08. The molecule has 2 nitrogen and oxygen atoms in total. The van der Waals surface area contributed by atoms with Crippen molar-refractivity contribution >= 4 is 50.5 Å². The standard InChI is InChI=1S/C19H10ClNO.C2H6/c20-14-10-13-11-6-4-5-9-16(11)22-19(13)18-17(14)12-7-2-1-3-8-15(12)21-18;1-2/h3-6,8-10,21H,7H2;1-2H3. The minimum absolute atomic E-state index is 0.688. The van der Waals surface area contributed by atoms with Gasteiger partial charge in [0, 0.05) is 28.3 Å². The molecule has 1 N–H and O–H groups in total. The van der Waals surface area contributed by atoms with E-state index in [-0.39, 0.29) is 0 Å². The first-order valence-electron chi connectivity index (χ1n) is 8.12. The van der Waals surface area contributed by atoms with Gasteiger partial charge in [-0.1, -0.05) is 55.5 Å². The van der Waals surface area contributed by atoms with E-state index >= 15 is 0 Å². The van der Waals surface area contributed by atoms with E-state index < -0.39 is 0 Å². The van der Waals surface area contributed by atoms with E-state index in [2.05, 4.69) is 22.9 Å². The summed E-state index contributed by atoms with van der Waals surface area (Å²) in [6.45, 7) is 4.00. The summed E-state index contributed by atoms with van der Waals surface area (Å²) in [4.78, 5) is 3.46. The Morgan fingerprint density at radius 3 is 2.88 bits per heavy atom. The van der Waals surface area contributed by atoms with Crippen molar-refractivity contribution in [2.75, 3.05) is 0 Å². The molecule has 0 aliphatic heterocycles. The molecular weight excluding hydrogens is 318 g/mol. The van der Waals surface area contributed by atoms with Gasteiger partial charge in [0.15, 0.2) is 5.58 Å². The molecule has 1 aliphatic carbocycles. The number of H-pyrrole nitrogens is 1. The Kier molecular flexibility index (Phi) is 3.59. The second kappa shape index (κ2) is 5.78. The zero-order valence-corrected chi connectivity index (χ0v) is 14.3. The number of hydrogen-bond acceptors (Lipinski definition) is 1. The fourth-order valence-electron chi connectivity index (χ4n) is 3.23. The van der Waals surface area contributed by atoms with E-state index in [1.807, 2.05) is 50.3 Å². The molecule has 0 radical (unpaired) electrons. The third kappa shape index (κ3) is 2.06. The predicted octanol–water partition coefficient (Wildman–Crippen LogP) is 6.32. The SMILES string of the molecule is CC.Clc1cc2c3ccccc3oc2c2[nH]c3c(c12)CC#CC=C3. The van der Waals surface area contributed by atoms with E-state index in [0.717, 1.165) is 49.1 Å². The van der Waals surface area contributed by atoms with Crippen LogP contribution in [-0.2, 0) is 6.42 Å². The van der Waals surface area contributed by atoms with Gasteiger partial charge >= 0.3 is 0 Å². The second-order valence-corrected chi connectivity index (χ2v) is 5.84. The van der Waals surface area contributed by atoms with Gasteiger partial charge in [0.1, 0.15) is 5.58 Å². The summed E-state index contributed by atoms with van der Waals surface area (Å²) < 4.78 is 6.08. The monoisotopic (exact) mass is 333 g/mol.